The van der Waals surface area contributed by atoms with E-state index in [0.29, 0.717) is 29.2 Å². The molecule has 0 spiro atoms. The minimum absolute atomic E-state index is 0.0430. The van der Waals surface area contributed by atoms with E-state index in [1.807, 2.05) is 13.1 Å². The van der Waals surface area contributed by atoms with Crippen LogP contribution >= 0.6 is 0 Å². The van der Waals surface area contributed by atoms with E-state index in [4.69, 9.17) is 10.5 Å². The van der Waals surface area contributed by atoms with Gasteiger partial charge in [0.25, 0.3) is 5.91 Å². The van der Waals surface area contributed by atoms with Crippen LogP contribution in [0.4, 0.5) is 5.69 Å². The zero-order valence-corrected chi connectivity index (χ0v) is 18.2. The summed E-state index contributed by atoms with van der Waals surface area (Å²) in [5, 5.41) is 0. The van der Waals surface area contributed by atoms with Crippen molar-refractivity contribution in [2.45, 2.75) is 19.4 Å². The lowest BCUT2D eigenvalue weighted by molar-refractivity contribution is 0.0785. The molecule has 1 saturated heterocycles. The molecule has 1 heterocycles. The lowest BCUT2D eigenvalue weighted by atomic mass is 10.1. The Bertz CT molecular complexity index is 1090. The fourth-order valence-corrected chi connectivity index (χ4v) is 3.95. The number of primary amides is 1. The summed E-state index contributed by atoms with van der Waals surface area (Å²) in [6.45, 7) is 2.69. The first-order valence-electron chi connectivity index (χ1n) is 10.8. The Morgan fingerprint density at radius 3 is 2.03 bits per heavy atom. The number of hydrogen-bond acceptors (Lipinski definition) is 4. The summed E-state index contributed by atoms with van der Waals surface area (Å²) in [7, 11) is 1.83. The van der Waals surface area contributed by atoms with Gasteiger partial charge in [-0.3, -0.25) is 9.59 Å². The Morgan fingerprint density at radius 2 is 1.44 bits per heavy atom. The smallest absolute Gasteiger partial charge is 0.253 e. The Labute approximate surface area is 188 Å². The SMILES string of the molecule is CN(Cc1ccccc1N1CCCC1)C(=O)c1ccc(Oc2ccc(C(N)=O)cc2)cc1. The lowest BCUT2D eigenvalue weighted by Crippen LogP contribution is -2.28. The van der Waals surface area contributed by atoms with Gasteiger partial charge < -0.3 is 20.3 Å². The van der Waals surface area contributed by atoms with Crippen LogP contribution in [-0.4, -0.2) is 36.9 Å². The van der Waals surface area contributed by atoms with Crippen LogP contribution < -0.4 is 15.4 Å². The minimum atomic E-state index is -0.480. The van der Waals surface area contributed by atoms with Crippen LogP contribution in [0.3, 0.4) is 0 Å². The monoisotopic (exact) mass is 429 g/mol. The number of amides is 2. The number of carbonyl (C=O) groups is 2. The maximum atomic E-state index is 13.0. The molecule has 2 N–H and O–H groups in total. The number of nitrogens with zero attached hydrogens (tertiary/aromatic N) is 2. The molecule has 3 aromatic carbocycles. The number of hydrogen-bond donors (Lipinski definition) is 1. The van der Waals surface area contributed by atoms with Gasteiger partial charge in [0, 0.05) is 43.5 Å². The summed E-state index contributed by atoms with van der Waals surface area (Å²) in [5.74, 6) is 0.672. The lowest BCUT2D eigenvalue weighted by Gasteiger charge is -2.24. The highest BCUT2D eigenvalue weighted by atomic mass is 16.5. The second-order valence-electron chi connectivity index (χ2n) is 8.00. The van der Waals surface area contributed by atoms with Crippen molar-refractivity contribution < 1.29 is 14.3 Å². The maximum Gasteiger partial charge on any atom is 0.253 e. The highest BCUT2D eigenvalue weighted by Crippen LogP contribution is 2.26. The summed E-state index contributed by atoms with van der Waals surface area (Å²) in [4.78, 5) is 28.3. The molecule has 0 unspecified atom stereocenters. The molecule has 6 heteroatoms. The van der Waals surface area contributed by atoms with Gasteiger partial charge in [0.15, 0.2) is 0 Å². The Morgan fingerprint density at radius 1 is 0.875 bits per heavy atom. The van der Waals surface area contributed by atoms with Gasteiger partial charge in [0.05, 0.1) is 0 Å². The summed E-state index contributed by atoms with van der Waals surface area (Å²) in [5.41, 5.74) is 8.65. The predicted molar refractivity (Wildman–Crippen MR) is 125 cm³/mol. The van der Waals surface area contributed by atoms with Crippen molar-refractivity contribution in [3.05, 3.63) is 89.5 Å². The van der Waals surface area contributed by atoms with Crippen LogP contribution in [0.15, 0.2) is 72.8 Å². The molecule has 4 rings (SSSR count). The van der Waals surface area contributed by atoms with Gasteiger partial charge in [-0.2, -0.15) is 0 Å². The molecule has 0 radical (unpaired) electrons. The first-order chi connectivity index (χ1) is 15.5. The number of ether oxygens (including phenoxy) is 1. The first-order valence-corrected chi connectivity index (χ1v) is 10.8. The van der Waals surface area contributed by atoms with Crippen LogP contribution in [0.25, 0.3) is 0 Å². The molecule has 1 aliphatic heterocycles. The number of carbonyl (C=O) groups excluding carboxylic acids is 2. The second-order valence-corrected chi connectivity index (χ2v) is 8.00. The van der Waals surface area contributed by atoms with Crippen molar-refractivity contribution in [1.82, 2.24) is 4.90 Å². The number of benzene rings is 3. The van der Waals surface area contributed by atoms with Crippen molar-refractivity contribution in [1.29, 1.82) is 0 Å². The van der Waals surface area contributed by atoms with E-state index in [1.165, 1.54) is 18.5 Å². The predicted octanol–water partition coefficient (Wildman–Crippen LogP) is 4.45. The highest BCUT2D eigenvalue weighted by molar-refractivity contribution is 5.94. The summed E-state index contributed by atoms with van der Waals surface area (Å²) >= 11 is 0. The topological polar surface area (TPSA) is 75.9 Å². The van der Waals surface area contributed by atoms with E-state index in [0.717, 1.165) is 18.7 Å². The zero-order valence-electron chi connectivity index (χ0n) is 18.2. The van der Waals surface area contributed by atoms with E-state index in [-0.39, 0.29) is 5.91 Å². The zero-order chi connectivity index (χ0) is 22.5. The Kier molecular flexibility index (Phi) is 6.40. The third-order valence-electron chi connectivity index (χ3n) is 5.67. The van der Waals surface area contributed by atoms with Crippen molar-refractivity contribution in [3.8, 4) is 11.5 Å². The van der Waals surface area contributed by atoms with E-state index in [9.17, 15) is 9.59 Å². The largest absolute Gasteiger partial charge is 0.457 e. The van der Waals surface area contributed by atoms with Gasteiger partial charge in [-0.25, -0.2) is 0 Å². The molecule has 0 aliphatic carbocycles. The van der Waals surface area contributed by atoms with E-state index in [1.54, 1.807) is 53.4 Å². The molecule has 0 saturated carbocycles. The third-order valence-corrected chi connectivity index (χ3v) is 5.67. The van der Waals surface area contributed by atoms with E-state index >= 15 is 0 Å². The molecule has 0 aromatic heterocycles. The van der Waals surface area contributed by atoms with Crippen LogP contribution in [0.2, 0.25) is 0 Å². The number of rotatable bonds is 7. The third kappa shape index (κ3) is 4.91. The molecule has 6 nitrogen and oxygen atoms in total. The standard InChI is InChI=1S/C26H27N3O3/c1-28(18-21-6-2-3-7-24(21)29-16-4-5-17-29)26(31)20-10-14-23(15-11-20)32-22-12-8-19(9-13-22)25(27)30/h2-3,6-15H,4-5,16-18H2,1H3,(H2,27,30). The Hall–Kier alpha value is -3.80. The average Bonchev–Trinajstić information content (AvgIpc) is 3.34. The first kappa shape index (κ1) is 21.4. The van der Waals surface area contributed by atoms with E-state index in [2.05, 4.69) is 23.1 Å². The van der Waals surface area contributed by atoms with Crippen molar-refractivity contribution in [2.24, 2.45) is 5.73 Å². The van der Waals surface area contributed by atoms with Crippen molar-refractivity contribution in [3.63, 3.8) is 0 Å². The van der Waals surface area contributed by atoms with Crippen LogP contribution in [-0.2, 0) is 6.54 Å². The fraction of sp³-hybridized carbons (Fsp3) is 0.231. The molecule has 3 aromatic rings. The fourth-order valence-electron chi connectivity index (χ4n) is 3.95. The molecular formula is C26H27N3O3. The quantitative estimate of drug-likeness (QED) is 0.602. The normalized spacial score (nSPS) is 13.1. The van der Waals surface area contributed by atoms with Crippen molar-refractivity contribution >= 4 is 17.5 Å². The van der Waals surface area contributed by atoms with Gasteiger partial charge in [0.1, 0.15) is 11.5 Å². The van der Waals surface area contributed by atoms with Gasteiger partial charge in [-0.05, 0) is 73.0 Å². The van der Waals surface area contributed by atoms with Gasteiger partial charge in [-0.1, -0.05) is 18.2 Å². The summed E-state index contributed by atoms with van der Waals surface area (Å²) in [6.07, 6.45) is 2.43. The number of para-hydroxylation sites is 1. The number of anilines is 1. The maximum absolute atomic E-state index is 13.0. The van der Waals surface area contributed by atoms with Crippen LogP contribution in [0.5, 0.6) is 11.5 Å². The molecule has 2 amide bonds. The highest BCUT2D eigenvalue weighted by Gasteiger charge is 2.18. The average molecular weight is 430 g/mol. The second kappa shape index (κ2) is 9.56. The molecule has 164 valence electrons. The molecule has 32 heavy (non-hydrogen) atoms. The molecule has 1 fully saturated rings. The molecule has 1 aliphatic rings. The summed E-state index contributed by atoms with van der Waals surface area (Å²) in [6, 6.07) is 22.0. The number of nitrogens with two attached hydrogens (primary N) is 1. The van der Waals surface area contributed by atoms with Gasteiger partial charge in [0.2, 0.25) is 5.91 Å². The summed E-state index contributed by atoms with van der Waals surface area (Å²) < 4.78 is 5.79. The minimum Gasteiger partial charge on any atom is -0.457 e. The Balaban J connectivity index is 1.41. The van der Waals surface area contributed by atoms with E-state index < -0.39 is 5.91 Å². The van der Waals surface area contributed by atoms with Crippen molar-refractivity contribution in [2.75, 3.05) is 25.0 Å². The van der Waals surface area contributed by atoms with Gasteiger partial charge >= 0.3 is 0 Å². The van der Waals surface area contributed by atoms with Crippen LogP contribution in [0, 0.1) is 0 Å². The van der Waals surface area contributed by atoms with Crippen LogP contribution in [0.1, 0.15) is 39.1 Å². The molecule has 0 atom stereocenters. The molecular weight excluding hydrogens is 402 g/mol. The van der Waals surface area contributed by atoms with Gasteiger partial charge in [-0.15, -0.1) is 0 Å². The molecule has 0 bridgehead atoms.